The number of carbonyl (C=O) groups is 2. The maximum absolute atomic E-state index is 13.0. The highest BCUT2D eigenvalue weighted by molar-refractivity contribution is 5.83. The first-order valence-electron chi connectivity index (χ1n) is 8.93. The molecule has 0 spiro atoms. The van der Waals surface area contributed by atoms with E-state index in [2.05, 4.69) is 0 Å². The van der Waals surface area contributed by atoms with Crippen molar-refractivity contribution in [1.29, 1.82) is 0 Å². The minimum absolute atomic E-state index is 0.0804. The van der Waals surface area contributed by atoms with E-state index in [1.54, 1.807) is 0 Å². The van der Waals surface area contributed by atoms with Crippen molar-refractivity contribution in [3.05, 3.63) is 0 Å². The van der Waals surface area contributed by atoms with Crippen molar-refractivity contribution in [2.45, 2.75) is 57.4 Å². The molecule has 124 valence electrons. The second-order valence-electron chi connectivity index (χ2n) is 6.81. The van der Waals surface area contributed by atoms with Crippen LogP contribution in [0.3, 0.4) is 0 Å². The minimum Gasteiger partial charge on any atom is -0.378 e. The Balaban J connectivity index is 1.74. The van der Waals surface area contributed by atoms with Crippen LogP contribution < -0.4 is 0 Å². The van der Waals surface area contributed by atoms with Gasteiger partial charge in [-0.15, -0.1) is 0 Å². The highest BCUT2D eigenvalue weighted by Gasteiger charge is 2.38. The van der Waals surface area contributed by atoms with E-state index in [1.165, 1.54) is 6.42 Å². The van der Waals surface area contributed by atoms with E-state index in [0.29, 0.717) is 38.5 Å². The van der Waals surface area contributed by atoms with Crippen LogP contribution in [0.2, 0.25) is 0 Å². The maximum atomic E-state index is 13.0. The summed E-state index contributed by atoms with van der Waals surface area (Å²) in [7, 11) is 0. The molecule has 5 nitrogen and oxygen atoms in total. The molecule has 3 aliphatic rings. The molecule has 0 unspecified atom stereocenters. The standard InChI is InChI=1S/C17H28N2O3/c20-16-8-4-3-6-14(16)15-7-2-1-5-9-19(15)17(21)18-10-12-22-13-11-18/h14-15H,1-13H2/t14-,15+/m0/s1. The summed E-state index contributed by atoms with van der Waals surface area (Å²) >= 11 is 0. The largest absolute Gasteiger partial charge is 0.378 e. The van der Waals surface area contributed by atoms with Crippen molar-refractivity contribution < 1.29 is 14.3 Å². The molecule has 0 aromatic rings. The zero-order chi connectivity index (χ0) is 15.4. The zero-order valence-corrected chi connectivity index (χ0v) is 13.5. The lowest BCUT2D eigenvalue weighted by molar-refractivity contribution is -0.126. The third kappa shape index (κ3) is 3.45. The van der Waals surface area contributed by atoms with Gasteiger partial charge in [-0.2, -0.15) is 0 Å². The molecule has 2 aliphatic heterocycles. The maximum Gasteiger partial charge on any atom is 0.320 e. The number of likely N-dealkylation sites (tertiary alicyclic amines) is 1. The Morgan fingerprint density at radius 1 is 0.955 bits per heavy atom. The molecule has 0 N–H and O–H groups in total. The lowest BCUT2D eigenvalue weighted by Crippen LogP contribution is -2.54. The van der Waals surface area contributed by atoms with Crippen molar-refractivity contribution in [3.8, 4) is 0 Å². The fraction of sp³-hybridized carbons (Fsp3) is 0.882. The Kier molecular flexibility index (Phi) is 5.34. The van der Waals surface area contributed by atoms with Gasteiger partial charge < -0.3 is 14.5 Å². The summed E-state index contributed by atoms with van der Waals surface area (Å²) < 4.78 is 5.36. The number of nitrogens with zero attached hydrogens (tertiary/aromatic N) is 2. The van der Waals surface area contributed by atoms with E-state index in [4.69, 9.17) is 4.74 Å². The first-order chi connectivity index (χ1) is 10.8. The monoisotopic (exact) mass is 308 g/mol. The van der Waals surface area contributed by atoms with Crippen LogP contribution in [0.5, 0.6) is 0 Å². The summed E-state index contributed by atoms with van der Waals surface area (Å²) in [6.07, 6.45) is 8.20. The first-order valence-corrected chi connectivity index (χ1v) is 8.93. The molecule has 0 aromatic carbocycles. The van der Waals surface area contributed by atoms with E-state index in [1.807, 2.05) is 9.80 Å². The summed E-state index contributed by atoms with van der Waals surface area (Å²) in [5.74, 6) is 0.467. The average Bonchev–Trinajstić information content (AvgIpc) is 2.81. The van der Waals surface area contributed by atoms with Gasteiger partial charge in [0.2, 0.25) is 0 Å². The molecule has 0 radical (unpaired) electrons. The van der Waals surface area contributed by atoms with Crippen LogP contribution in [-0.4, -0.2) is 60.5 Å². The first kappa shape index (κ1) is 15.8. The molecule has 2 amide bonds. The topological polar surface area (TPSA) is 49.9 Å². The third-order valence-corrected chi connectivity index (χ3v) is 5.39. The van der Waals surface area contributed by atoms with Crippen molar-refractivity contribution >= 4 is 11.8 Å². The van der Waals surface area contributed by atoms with E-state index in [9.17, 15) is 9.59 Å². The lowest BCUT2D eigenvalue weighted by Gasteiger charge is -2.40. The number of urea groups is 1. The molecule has 3 rings (SSSR count). The fourth-order valence-corrected chi connectivity index (χ4v) is 4.14. The highest BCUT2D eigenvalue weighted by atomic mass is 16.5. The average molecular weight is 308 g/mol. The van der Waals surface area contributed by atoms with Gasteiger partial charge >= 0.3 is 6.03 Å². The Morgan fingerprint density at radius 3 is 2.50 bits per heavy atom. The number of hydrogen-bond acceptors (Lipinski definition) is 3. The molecular formula is C17H28N2O3. The van der Waals surface area contributed by atoms with Crippen molar-refractivity contribution in [3.63, 3.8) is 0 Å². The normalized spacial score (nSPS) is 31.0. The molecule has 1 saturated carbocycles. The number of ketones is 1. The molecule has 0 bridgehead atoms. The van der Waals surface area contributed by atoms with Crippen molar-refractivity contribution in [2.75, 3.05) is 32.8 Å². The van der Waals surface area contributed by atoms with Gasteiger partial charge in [0.05, 0.1) is 13.2 Å². The van der Waals surface area contributed by atoms with Gasteiger partial charge in [0.25, 0.3) is 0 Å². The van der Waals surface area contributed by atoms with Gasteiger partial charge in [-0.1, -0.05) is 19.3 Å². The smallest absolute Gasteiger partial charge is 0.320 e. The molecule has 2 heterocycles. The van der Waals surface area contributed by atoms with Gasteiger partial charge in [0.15, 0.2) is 0 Å². The number of carbonyl (C=O) groups excluding carboxylic acids is 2. The molecule has 5 heteroatoms. The van der Waals surface area contributed by atoms with Crippen LogP contribution in [0.1, 0.15) is 51.4 Å². The van der Waals surface area contributed by atoms with Crippen LogP contribution in [-0.2, 0) is 9.53 Å². The van der Waals surface area contributed by atoms with Crippen LogP contribution in [0, 0.1) is 5.92 Å². The van der Waals surface area contributed by atoms with E-state index >= 15 is 0 Å². The SMILES string of the molecule is O=C1CCCC[C@H]1[C@H]1CCCCCN1C(=O)N1CCOCC1. The zero-order valence-electron chi connectivity index (χ0n) is 13.5. The van der Waals surface area contributed by atoms with Crippen molar-refractivity contribution in [1.82, 2.24) is 9.80 Å². The Bertz CT molecular complexity index is 407. The molecule has 22 heavy (non-hydrogen) atoms. The molecule has 2 atom stereocenters. The van der Waals surface area contributed by atoms with Gasteiger partial charge in [-0.05, 0) is 25.7 Å². The Morgan fingerprint density at radius 2 is 1.73 bits per heavy atom. The number of rotatable bonds is 1. The van der Waals surface area contributed by atoms with Gasteiger partial charge in [-0.3, -0.25) is 4.79 Å². The van der Waals surface area contributed by atoms with Gasteiger partial charge in [0.1, 0.15) is 5.78 Å². The number of ether oxygens (including phenoxy) is 1. The van der Waals surface area contributed by atoms with Crippen LogP contribution in [0.25, 0.3) is 0 Å². The van der Waals surface area contributed by atoms with Crippen molar-refractivity contribution in [2.24, 2.45) is 5.92 Å². The Hall–Kier alpha value is -1.10. The molecular weight excluding hydrogens is 280 g/mol. The molecule has 2 saturated heterocycles. The Labute approximate surface area is 133 Å². The lowest BCUT2D eigenvalue weighted by atomic mass is 9.80. The minimum atomic E-state index is 0.0804. The predicted octanol–water partition coefficient (Wildman–Crippen LogP) is 2.44. The van der Waals surface area contributed by atoms with Crippen LogP contribution in [0.15, 0.2) is 0 Å². The fourth-order valence-electron chi connectivity index (χ4n) is 4.14. The van der Waals surface area contributed by atoms with E-state index < -0.39 is 0 Å². The molecule has 0 aromatic heterocycles. The second-order valence-corrected chi connectivity index (χ2v) is 6.81. The van der Waals surface area contributed by atoms with Crippen LogP contribution in [0.4, 0.5) is 4.79 Å². The number of Topliss-reactive ketones (excluding diaryl/α,β-unsaturated/α-hetero) is 1. The van der Waals surface area contributed by atoms with Gasteiger partial charge in [0, 0.05) is 38.0 Å². The molecule has 3 fully saturated rings. The van der Waals surface area contributed by atoms with E-state index in [-0.39, 0.29) is 18.0 Å². The number of amides is 2. The summed E-state index contributed by atoms with van der Waals surface area (Å²) in [5.41, 5.74) is 0. The molecule has 1 aliphatic carbocycles. The third-order valence-electron chi connectivity index (χ3n) is 5.39. The number of morpholine rings is 1. The van der Waals surface area contributed by atoms with E-state index in [0.717, 1.165) is 45.1 Å². The summed E-state index contributed by atoms with van der Waals surface area (Å²) in [6, 6.07) is 0.263. The number of hydrogen-bond donors (Lipinski definition) is 0. The summed E-state index contributed by atoms with van der Waals surface area (Å²) in [4.78, 5) is 29.3. The quantitative estimate of drug-likeness (QED) is 0.747. The van der Waals surface area contributed by atoms with Crippen LogP contribution >= 0.6 is 0 Å². The second kappa shape index (κ2) is 7.44. The highest BCUT2D eigenvalue weighted by Crippen LogP contribution is 2.32. The predicted molar refractivity (Wildman–Crippen MR) is 83.7 cm³/mol. The van der Waals surface area contributed by atoms with Gasteiger partial charge in [-0.25, -0.2) is 4.79 Å². The summed E-state index contributed by atoms with van der Waals surface area (Å²) in [5, 5.41) is 0. The summed E-state index contributed by atoms with van der Waals surface area (Å²) in [6.45, 7) is 3.44.